The summed E-state index contributed by atoms with van der Waals surface area (Å²) in [6, 6.07) is 14.7. The molecule has 172 valence electrons. The van der Waals surface area contributed by atoms with Crippen molar-refractivity contribution in [2.45, 2.75) is 54.9 Å². The first-order chi connectivity index (χ1) is 15.4. The van der Waals surface area contributed by atoms with Crippen molar-refractivity contribution in [3.8, 4) is 0 Å². The van der Waals surface area contributed by atoms with Gasteiger partial charge in [0.1, 0.15) is 0 Å². The highest BCUT2D eigenvalue weighted by Gasteiger charge is 2.35. The van der Waals surface area contributed by atoms with E-state index in [1.54, 1.807) is 24.3 Å². The molecule has 2 fully saturated rings. The third kappa shape index (κ3) is 5.90. The fraction of sp³-hybridized carbons (Fsp3) is 0.458. The maximum Gasteiger partial charge on any atom is 0.240 e. The Balaban J connectivity index is 1.32. The van der Waals surface area contributed by atoms with E-state index in [4.69, 9.17) is 16.3 Å². The van der Waals surface area contributed by atoms with E-state index < -0.39 is 10.0 Å². The van der Waals surface area contributed by atoms with E-state index >= 15 is 0 Å². The van der Waals surface area contributed by atoms with Gasteiger partial charge in [-0.2, -0.15) is 0 Å². The second-order valence-electron chi connectivity index (χ2n) is 8.72. The molecule has 2 N–H and O–H groups in total. The molecule has 2 aromatic carbocycles. The predicted molar refractivity (Wildman–Crippen MR) is 124 cm³/mol. The Kier molecular flexibility index (Phi) is 7.20. The van der Waals surface area contributed by atoms with Gasteiger partial charge in [0.15, 0.2) is 0 Å². The van der Waals surface area contributed by atoms with Gasteiger partial charge < -0.3 is 10.1 Å². The van der Waals surface area contributed by atoms with Gasteiger partial charge in [-0.1, -0.05) is 35.9 Å². The first-order valence-corrected chi connectivity index (χ1v) is 12.9. The Morgan fingerprint density at radius 3 is 2.47 bits per heavy atom. The van der Waals surface area contributed by atoms with Gasteiger partial charge in [-0.15, -0.1) is 0 Å². The average Bonchev–Trinajstić information content (AvgIpc) is 3.60. The molecule has 2 aromatic rings. The molecule has 1 saturated heterocycles. The number of carbonyl (C=O) groups excluding carboxylic acids is 1. The van der Waals surface area contributed by atoms with Crippen LogP contribution in [0.15, 0.2) is 53.4 Å². The van der Waals surface area contributed by atoms with Gasteiger partial charge in [-0.05, 0) is 67.5 Å². The van der Waals surface area contributed by atoms with E-state index in [9.17, 15) is 13.2 Å². The van der Waals surface area contributed by atoms with E-state index in [1.165, 1.54) is 0 Å². The number of ether oxygens (including phenoxy) is 1. The molecule has 0 radical (unpaired) electrons. The standard InChI is InChI=1S/C24H29ClN2O4S/c25-20-3-1-2-19(16-20)24(12-14-31-15-13-24)17-26-23(28)11-6-18-4-9-22(10-5-18)32(29,30)27-21-7-8-21/h1-5,9-10,16,21,27H,6-8,11-15,17H2,(H,26,28). The smallest absolute Gasteiger partial charge is 0.240 e. The second kappa shape index (κ2) is 9.91. The molecule has 1 heterocycles. The Morgan fingerprint density at radius 2 is 1.81 bits per heavy atom. The Morgan fingerprint density at radius 1 is 1.09 bits per heavy atom. The quantitative estimate of drug-likeness (QED) is 0.579. The lowest BCUT2D eigenvalue weighted by atomic mass is 9.74. The number of amides is 1. The van der Waals surface area contributed by atoms with Crippen LogP contribution in [0.2, 0.25) is 5.02 Å². The van der Waals surface area contributed by atoms with Crippen LogP contribution in [0, 0.1) is 0 Å². The van der Waals surface area contributed by atoms with Crippen LogP contribution in [0.4, 0.5) is 0 Å². The van der Waals surface area contributed by atoms with E-state index in [0.717, 1.165) is 36.8 Å². The van der Waals surface area contributed by atoms with Crippen molar-refractivity contribution in [1.82, 2.24) is 10.0 Å². The third-order valence-corrected chi connectivity index (χ3v) is 8.06. The van der Waals surface area contributed by atoms with Gasteiger partial charge in [0.25, 0.3) is 0 Å². The fourth-order valence-corrected chi connectivity index (χ4v) is 5.58. The summed E-state index contributed by atoms with van der Waals surface area (Å²) in [5.41, 5.74) is 1.88. The molecular weight excluding hydrogens is 448 g/mol. The van der Waals surface area contributed by atoms with Crippen molar-refractivity contribution in [3.05, 3.63) is 64.7 Å². The van der Waals surface area contributed by atoms with Crippen molar-refractivity contribution in [1.29, 1.82) is 0 Å². The van der Waals surface area contributed by atoms with E-state index in [2.05, 4.69) is 16.1 Å². The van der Waals surface area contributed by atoms with Gasteiger partial charge in [-0.25, -0.2) is 13.1 Å². The molecule has 0 unspecified atom stereocenters. The van der Waals surface area contributed by atoms with Gasteiger partial charge in [-0.3, -0.25) is 4.79 Å². The average molecular weight is 477 g/mol. The van der Waals surface area contributed by atoms with Crippen LogP contribution in [0.25, 0.3) is 0 Å². The normalized spacial score (nSPS) is 18.3. The van der Waals surface area contributed by atoms with Crippen LogP contribution in [0.5, 0.6) is 0 Å². The molecule has 4 rings (SSSR count). The number of benzene rings is 2. The summed E-state index contributed by atoms with van der Waals surface area (Å²) in [4.78, 5) is 12.8. The first-order valence-electron chi connectivity index (χ1n) is 11.1. The topological polar surface area (TPSA) is 84.5 Å². The number of rotatable bonds is 9. The monoisotopic (exact) mass is 476 g/mol. The number of halogens is 1. The minimum atomic E-state index is -3.45. The summed E-state index contributed by atoms with van der Waals surface area (Å²) >= 11 is 6.21. The molecule has 1 aliphatic carbocycles. The summed E-state index contributed by atoms with van der Waals surface area (Å²) in [5.74, 6) is -0.0232. The van der Waals surface area contributed by atoms with Crippen LogP contribution in [-0.2, 0) is 31.4 Å². The summed E-state index contributed by atoms with van der Waals surface area (Å²) < 4.78 is 32.8. The number of hydrogen-bond acceptors (Lipinski definition) is 4. The lowest BCUT2D eigenvalue weighted by Crippen LogP contribution is -2.44. The zero-order valence-corrected chi connectivity index (χ0v) is 19.6. The zero-order chi connectivity index (χ0) is 22.6. The maximum absolute atomic E-state index is 12.6. The van der Waals surface area contributed by atoms with E-state index in [1.807, 2.05) is 18.2 Å². The second-order valence-corrected chi connectivity index (χ2v) is 10.9. The van der Waals surface area contributed by atoms with Crippen molar-refractivity contribution in [2.75, 3.05) is 19.8 Å². The lowest BCUT2D eigenvalue weighted by Gasteiger charge is -2.38. The highest BCUT2D eigenvalue weighted by atomic mass is 35.5. The van der Waals surface area contributed by atoms with Gasteiger partial charge in [0.05, 0.1) is 4.90 Å². The third-order valence-electron chi connectivity index (χ3n) is 6.28. The molecule has 2 aliphatic rings. The number of nitrogens with one attached hydrogen (secondary N) is 2. The van der Waals surface area contributed by atoms with E-state index in [0.29, 0.717) is 37.6 Å². The molecular formula is C24H29ClN2O4S. The number of aryl methyl sites for hydroxylation is 1. The molecule has 0 aromatic heterocycles. The van der Waals surface area contributed by atoms with Crippen LogP contribution in [-0.4, -0.2) is 40.1 Å². The molecule has 1 aliphatic heterocycles. The minimum Gasteiger partial charge on any atom is -0.381 e. The molecule has 32 heavy (non-hydrogen) atoms. The molecule has 1 amide bonds. The largest absolute Gasteiger partial charge is 0.381 e. The molecule has 0 bridgehead atoms. The van der Waals surface area contributed by atoms with Crippen molar-refractivity contribution >= 4 is 27.5 Å². The summed E-state index contributed by atoms with van der Waals surface area (Å²) in [6.45, 7) is 1.86. The minimum absolute atomic E-state index is 0.0232. The summed E-state index contributed by atoms with van der Waals surface area (Å²) in [5, 5.41) is 3.79. The number of sulfonamides is 1. The molecule has 0 spiro atoms. The van der Waals surface area contributed by atoms with Crippen molar-refractivity contribution < 1.29 is 17.9 Å². The van der Waals surface area contributed by atoms with Crippen molar-refractivity contribution in [2.24, 2.45) is 0 Å². The summed E-state index contributed by atoms with van der Waals surface area (Å²) in [7, 11) is -3.45. The predicted octanol–water partition coefficient (Wildman–Crippen LogP) is 3.58. The highest BCUT2D eigenvalue weighted by Crippen LogP contribution is 2.35. The van der Waals surface area contributed by atoms with Crippen LogP contribution in [0.3, 0.4) is 0 Å². The molecule has 0 atom stereocenters. The molecule has 8 heteroatoms. The molecule has 6 nitrogen and oxygen atoms in total. The van der Waals surface area contributed by atoms with Crippen LogP contribution >= 0.6 is 11.6 Å². The molecule has 1 saturated carbocycles. The fourth-order valence-electron chi connectivity index (χ4n) is 4.09. The Hall–Kier alpha value is -1.93. The number of hydrogen-bond donors (Lipinski definition) is 2. The number of carbonyl (C=O) groups is 1. The van der Waals surface area contributed by atoms with Crippen molar-refractivity contribution in [3.63, 3.8) is 0 Å². The van der Waals surface area contributed by atoms with Gasteiger partial charge in [0.2, 0.25) is 15.9 Å². The van der Waals surface area contributed by atoms with Crippen LogP contribution in [0.1, 0.15) is 43.2 Å². The Bertz CT molecular complexity index is 1050. The summed E-state index contributed by atoms with van der Waals surface area (Å²) in [6.07, 6.45) is 4.36. The first kappa shape index (κ1) is 23.2. The SMILES string of the molecule is O=C(CCc1ccc(S(=O)(=O)NC2CC2)cc1)NCC1(c2cccc(Cl)c2)CCOCC1. The van der Waals surface area contributed by atoms with Crippen LogP contribution < -0.4 is 10.0 Å². The highest BCUT2D eigenvalue weighted by molar-refractivity contribution is 7.89. The van der Waals surface area contributed by atoms with E-state index in [-0.39, 0.29) is 22.3 Å². The van der Waals surface area contributed by atoms with Gasteiger partial charge in [0, 0.05) is 42.7 Å². The zero-order valence-electron chi connectivity index (χ0n) is 18.0. The maximum atomic E-state index is 12.6. The lowest BCUT2D eigenvalue weighted by molar-refractivity contribution is -0.121. The Labute approximate surface area is 194 Å². The van der Waals surface area contributed by atoms with Gasteiger partial charge >= 0.3 is 0 Å².